The van der Waals surface area contributed by atoms with E-state index >= 15 is 0 Å². The third-order valence-corrected chi connectivity index (χ3v) is 3.97. The molecule has 0 radical (unpaired) electrons. The van der Waals surface area contributed by atoms with Crippen molar-refractivity contribution in [3.8, 4) is 0 Å². The van der Waals surface area contributed by atoms with Gasteiger partial charge in [-0.3, -0.25) is 4.79 Å². The van der Waals surface area contributed by atoms with E-state index in [1.165, 1.54) is 11.3 Å². The molecule has 106 valence electrons. The number of hydrogen-bond acceptors (Lipinski definition) is 5. The van der Waals surface area contributed by atoms with Crippen molar-refractivity contribution >= 4 is 34.7 Å². The lowest BCUT2D eigenvalue weighted by atomic mass is 10.2. The van der Waals surface area contributed by atoms with Crippen LogP contribution in [0.5, 0.6) is 0 Å². The van der Waals surface area contributed by atoms with E-state index in [1.807, 2.05) is 12.3 Å². The SMILES string of the molecule is CCC(NC(=O)c1nc(NC)ccc1Cl)c1nccs1. The van der Waals surface area contributed by atoms with Gasteiger partial charge in [0.25, 0.3) is 5.91 Å². The summed E-state index contributed by atoms with van der Waals surface area (Å²) < 4.78 is 0. The molecule has 0 fully saturated rings. The van der Waals surface area contributed by atoms with Crippen LogP contribution in [-0.2, 0) is 0 Å². The number of pyridine rings is 1. The van der Waals surface area contributed by atoms with Crippen LogP contribution in [0.25, 0.3) is 0 Å². The molecule has 0 aliphatic heterocycles. The van der Waals surface area contributed by atoms with E-state index in [-0.39, 0.29) is 17.6 Å². The van der Waals surface area contributed by atoms with Crippen molar-refractivity contribution in [1.82, 2.24) is 15.3 Å². The summed E-state index contributed by atoms with van der Waals surface area (Å²) in [5.41, 5.74) is 0.216. The molecule has 0 saturated heterocycles. The van der Waals surface area contributed by atoms with Crippen LogP contribution in [-0.4, -0.2) is 22.9 Å². The topological polar surface area (TPSA) is 66.9 Å². The number of carbonyl (C=O) groups excluding carboxylic acids is 1. The molecule has 1 unspecified atom stereocenters. The third-order valence-electron chi connectivity index (χ3n) is 2.78. The van der Waals surface area contributed by atoms with Crippen LogP contribution in [0.4, 0.5) is 5.82 Å². The van der Waals surface area contributed by atoms with Gasteiger partial charge in [0.1, 0.15) is 16.5 Å². The Labute approximate surface area is 126 Å². The number of rotatable bonds is 5. The zero-order valence-corrected chi connectivity index (χ0v) is 12.8. The van der Waals surface area contributed by atoms with E-state index in [2.05, 4.69) is 20.6 Å². The standard InChI is InChI=1S/C13H15ClN4OS/c1-3-9(13-16-6-7-20-13)17-12(19)11-8(14)4-5-10(15-2)18-11/h4-7,9H,3H2,1-2H3,(H,15,18)(H,17,19). The highest BCUT2D eigenvalue weighted by atomic mass is 35.5. The van der Waals surface area contributed by atoms with Gasteiger partial charge in [-0.25, -0.2) is 9.97 Å². The number of hydrogen-bond donors (Lipinski definition) is 2. The predicted molar refractivity (Wildman–Crippen MR) is 81.4 cm³/mol. The van der Waals surface area contributed by atoms with Crippen molar-refractivity contribution in [2.24, 2.45) is 0 Å². The van der Waals surface area contributed by atoms with Crippen LogP contribution in [0.15, 0.2) is 23.7 Å². The molecule has 2 rings (SSSR count). The normalized spacial score (nSPS) is 11.9. The second-order valence-corrected chi connectivity index (χ2v) is 5.41. The molecular formula is C13H15ClN4OS. The first-order valence-corrected chi connectivity index (χ1v) is 7.46. The number of thiazole rings is 1. The first-order valence-electron chi connectivity index (χ1n) is 6.20. The van der Waals surface area contributed by atoms with E-state index in [4.69, 9.17) is 11.6 Å². The molecule has 2 aromatic heterocycles. The van der Waals surface area contributed by atoms with Crippen molar-refractivity contribution in [3.63, 3.8) is 0 Å². The Hall–Kier alpha value is -1.66. The lowest BCUT2D eigenvalue weighted by Crippen LogP contribution is -2.29. The lowest BCUT2D eigenvalue weighted by molar-refractivity contribution is 0.0931. The van der Waals surface area contributed by atoms with Crippen molar-refractivity contribution in [3.05, 3.63) is 39.4 Å². The van der Waals surface area contributed by atoms with Gasteiger partial charge < -0.3 is 10.6 Å². The molecule has 0 spiro atoms. The van der Waals surface area contributed by atoms with Gasteiger partial charge in [0, 0.05) is 18.6 Å². The number of nitrogens with one attached hydrogen (secondary N) is 2. The minimum absolute atomic E-state index is 0.126. The van der Waals surface area contributed by atoms with E-state index in [1.54, 1.807) is 25.4 Å². The minimum Gasteiger partial charge on any atom is -0.373 e. The van der Waals surface area contributed by atoms with E-state index in [0.717, 1.165) is 11.4 Å². The molecule has 0 aliphatic carbocycles. The fraction of sp³-hybridized carbons (Fsp3) is 0.308. The van der Waals surface area contributed by atoms with Gasteiger partial charge in [-0.1, -0.05) is 18.5 Å². The summed E-state index contributed by atoms with van der Waals surface area (Å²) >= 11 is 7.55. The summed E-state index contributed by atoms with van der Waals surface area (Å²) in [6, 6.07) is 3.25. The largest absolute Gasteiger partial charge is 0.373 e. The van der Waals surface area contributed by atoms with Gasteiger partial charge in [-0.05, 0) is 18.6 Å². The number of amides is 1. The Morgan fingerprint density at radius 2 is 2.30 bits per heavy atom. The fourth-order valence-electron chi connectivity index (χ4n) is 1.71. The summed E-state index contributed by atoms with van der Waals surface area (Å²) in [6.07, 6.45) is 2.48. The first kappa shape index (κ1) is 14.7. The van der Waals surface area contributed by atoms with E-state index < -0.39 is 0 Å². The highest BCUT2D eigenvalue weighted by Gasteiger charge is 2.19. The molecule has 0 bridgehead atoms. The zero-order valence-electron chi connectivity index (χ0n) is 11.2. The van der Waals surface area contributed by atoms with Gasteiger partial charge >= 0.3 is 0 Å². The smallest absolute Gasteiger partial charge is 0.272 e. The highest BCUT2D eigenvalue weighted by molar-refractivity contribution is 7.09. The molecule has 1 atom stereocenters. The fourth-order valence-corrected chi connectivity index (χ4v) is 2.68. The molecule has 2 aromatic rings. The number of aromatic nitrogens is 2. The summed E-state index contributed by atoms with van der Waals surface area (Å²) in [6.45, 7) is 1.99. The van der Waals surface area contributed by atoms with Crippen molar-refractivity contribution in [1.29, 1.82) is 0 Å². The van der Waals surface area contributed by atoms with Crippen LogP contribution < -0.4 is 10.6 Å². The maximum absolute atomic E-state index is 12.3. The lowest BCUT2D eigenvalue weighted by Gasteiger charge is -2.15. The Kier molecular flexibility index (Phi) is 4.92. The molecule has 1 amide bonds. The van der Waals surface area contributed by atoms with E-state index in [0.29, 0.717) is 10.8 Å². The maximum atomic E-state index is 12.3. The second-order valence-electron chi connectivity index (χ2n) is 4.08. The number of carbonyl (C=O) groups is 1. The third kappa shape index (κ3) is 3.26. The summed E-state index contributed by atoms with van der Waals surface area (Å²) in [7, 11) is 1.74. The molecule has 7 heteroatoms. The quantitative estimate of drug-likeness (QED) is 0.890. The Morgan fingerprint density at radius 1 is 1.50 bits per heavy atom. The minimum atomic E-state index is -0.297. The summed E-state index contributed by atoms with van der Waals surface area (Å²) in [5, 5.41) is 8.89. The molecule has 5 nitrogen and oxygen atoms in total. The second kappa shape index (κ2) is 6.67. The van der Waals surface area contributed by atoms with Crippen LogP contribution >= 0.6 is 22.9 Å². The average Bonchev–Trinajstić information content (AvgIpc) is 2.99. The van der Waals surface area contributed by atoms with Gasteiger partial charge in [0.15, 0.2) is 0 Å². The molecule has 0 aliphatic rings. The van der Waals surface area contributed by atoms with E-state index in [9.17, 15) is 4.79 Å². The van der Waals surface area contributed by atoms with Crippen molar-refractivity contribution in [2.75, 3.05) is 12.4 Å². The maximum Gasteiger partial charge on any atom is 0.272 e. The van der Waals surface area contributed by atoms with Crippen LogP contribution in [0, 0.1) is 0 Å². The molecule has 2 N–H and O–H groups in total. The zero-order chi connectivity index (χ0) is 14.5. The predicted octanol–water partition coefficient (Wildman–Crippen LogP) is 3.11. The summed E-state index contributed by atoms with van der Waals surface area (Å²) in [5.74, 6) is 0.302. The van der Waals surface area contributed by atoms with Crippen molar-refractivity contribution < 1.29 is 4.79 Å². The number of anilines is 1. The van der Waals surface area contributed by atoms with Gasteiger partial charge in [-0.15, -0.1) is 11.3 Å². The van der Waals surface area contributed by atoms with Gasteiger partial charge in [0.2, 0.25) is 0 Å². The molecular weight excluding hydrogens is 296 g/mol. The number of nitrogens with zero attached hydrogens (tertiary/aromatic N) is 2. The molecule has 20 heavy (non-hydrogen) atoms. The van der Waals surface area contributed by atoms with Gasteiger partial charge in [0.05, 0.1) is 11.1 Å². The van der Waals surface area contributed by atoms with Crippen molar-refractivity contribution in [2.45, 2.75) is 19.4 Å². The first-order chi connectivity index (χ1) is 9.65. The Morgan fingerprint density at radius 3 is 2.90 bits per heavy atom. The monoisotopic (exact) mass is 310 g/mol. The summed E-state index contributed by atoms with van der Waals surface area (Å²) in [4.78, 5) is 20.7. The van der Waals surface area contributed by atoms with Crippen LogP contribution in [0.2, 0.25) is 5.02 Å². The Balaban J connectivity index is 2.19. The highest BCUT2D eigenvalue weighted by Crippen LogP contribution is 2.21. The molecule has 0 aromatic carbocycles. The molecule has 2 heterocycles. The number of halogens is 1. The average molecular weight is 311 g/mol. The molecule has 0 saturated carbocycles. The van der Waals surface area contributed by atoms with Crippen LogP contribution in [0.1, 0.15) is 34.9 Å². The van der Waals surface area contributed by atoms with Gasteiger partial charge in [-0.2, -0.15) is 0 Å². The van der Waals surface area contributed by atoms with Crippen LogP contribution in [0.3, 0.4) is 0 Å². The Bertz CT molecular complexity index is 588.